The number of hydrogen-bond donors (Lipinski definition) is 1. The predicted octanol–water partition coefficient (Wildman–Crippen LogP) is 2.93. The lowest BCUT2D eigenvalue weighted by atomic mass is 10.1. The maximum atomic E-state index is 13.1. The lowest BCUT2D eigenvalue weighted by Gasteiger charge is -2.15. The van der Waals surface area contributed by atoms with Crippen LogP contribution in [0.15, 0.2) is 42.5 Å². The predicted molar refractivity (Wildman–Crippen MR) is 79.4 cm³/mol. The molecule has 0 aliphatic rings. The summed E-state index contributed by atoms with van der Waals surface area (Å²) in [7, 11) is 3.96. The molecule has 20 heavy (non-hydrogen) atoms. The van der Waals surface area contributed by atoms with E-state index in [9.17, 15) is 4.39 Å². The van der Waals surface area contributed by atoms with E-state index in [1.54, 1.807) is 6.07 Å². The van der Waals surface area contributed by atoms with Crippen molar-refractivity contribution in [2.24, 2.45) is 5.73 Å². The molecule has 3 nitrogen and oxygen atoms in total. The molecule has 106 valence electrons. The largest absolute Gasteiger partial charge is 0.489 e. The Morgan fingerprint density at radius 3 is 2.60 bits per heavy atom. The minimum Gasteiger partial charge on any atom is -0.489 e. The first-order valence-electron chi connectivity index (χ1n) is 6.47. The molecule has 2 aromatic rings. The van der Waals surface area contributed by atoms with Crippen LogP contribution in [0.2, 0.25) is 0 Å². The van der Waals surface area contributed by atoms with Gasteiger partial charge in [-0.05, 0) is 35.4 Å². The fraction of sp³-hybridized carbons (Fsp3) is 0.250. The Morgan fingerprint density at radius 1 is 1.10 bits per heavy atom. The van der Waals surface area contributed by atoms with E-state index >= 15 is 0 Å². The standard InChI is InChI=1S/C16H19FN2O/c1-19(2)15-4-3-5-16(9-15)20-11-12-6-7-14(17)8-13(12)10-18/h3-9H,10-11,18H2,1-2H3. The fourth-order valence-corrected chi connectivity index (χ4v) is 1.94. The average molecular weight is 274 g/mol. The molecule has 0 atom stereocenters. The average Bonchev–Trinajstić information content (AvgIpc) is 2.46. The van der Waals surface area contributed by atoms with Gasteiger partial charge in [-0.25, -0.2) is 4.39 Å². The Hall–Kier alpha value is -2.07. The van der Waals surface area contributed by atoms with Gasteiger partial charge in [-0.2, -0.15) is 0 Å². The number of rotatable bonds is 5. The highest BCUT2D eigenvalue weighted by Gasteiger charge is 2.05. The minimum absolute atomic E-state index is 0.274. The Morgan fingerprint density at radius 2 is 1.90 bits per heavy atom. The van der Waals surface area contributed by atoms with Crippen LogP contribution >= 0.6 is 0 Å². The molecule has 0 aliphatic heterocycles. The summed E-state index contributed by atoms with van der Waals surface area (Å²) in [6.07, 6.45) is 0. The monoisotopic (exact) mass is 274 g/mol. The lowest BCUT2D eigenvalue weighted by Crippen LogP contribution is -2.09. The zero-order valence-electron chi connectivity index (χ0n) is 11.8. The molecule has 0 radical (unpaired) electrons. The van der Waals surface area contributed by atoms with Crippen molar-refractivity contribution in [3.63, 3.8) is 0 Å². The number of anilines is 1. The second kappa shape index (κ2) is 6.39. The van der Waals surface area contributed by atoms with E-state index in [0.29, 0.717) is 13.2 Å². The van der Waals surface area contributed by atoms with Gasteiger partial charge in [0.25, 0.3) is 0 Å². The van der Waals surface area contributed by atoms with Crippen molar-refractivity contribution < 1.29 is 9.13 Å². The van der Waals surface area contributed by atoms with Gasteiger partial charge in [0, 0.05) is 32.4 Å². The highest BCUT2D eigenvalue weighted by atomic mass is 19.1. The third kappa shape index (κ3) is 3.48. The smallest absolute Gasteiger partial charge is 0.123 e. The molecular formula is C16H19FN2O. The van der Waals surface area contributed by atoms with E-state index in [1.807, 2.05) is 43.3 Å². The molecule has 2 N–H and O–H groups in total. The van der Waals surface area contributed by atoms with Gasteiger partial charge < -0.3 is 15.4 Å². The van der Waals surface area contributed by atoms with Crippen LogP contribution in [0.3, 0.4) is 0 Å². The third-order valence-electron chi connectivity index (χ3n) is 3.12. The van der Waals surface area contributed by atoms with Crippen LogP contribution < -0.4 is 15.4 Å². The zero-order chi connectivity index (χ0) is 14.5. The Kier molecular flexibility index (Phi) is 4.58. The van der Waals surface area contributed by atoms with Crippen LogP contribution in [0.25, 0.3) is 0 Å². The van der Waals surface area contributed by atoms with Crippen LogP contribution in [-0.2, 0) is 13.2 Å². The quantitative estimate of drug-likeness (QED) is 0.911. The maximum absolute atomic E-state index is 13.1. The molecular weight excluding hydrogens is 255 g/mol. The Labute approximate surface area is 118 Å². The van der Waals surface area contributed by atoms with Gasteiger partial charge in [0.15, 0.2) is 0 Å². The Balaban J connectivity index is 2.10. The summed E-state index contributed by atoms with van der Waals surface area (Å²) in [5.41, 5.74) is 8.37. The second-order valence-corrected chi connectivity index (χ2v) is 4.80. The SMILES string of the molecule is CN(C)c1cccc(OCc2ccc(F)cc2CN)c1. The summed E-state index contributed by atoms with van der Waals surface area (Å²) in [6, 6.07) is 12.4. The summed E-state index contributed by atoms with van der Waals surface area (Å²) >= 11 is 0. The highest BCUT2D eigenvalue weighted by molar-refractivity contribution is 5.49. The van der Waals surface area contributed by atoms with Crippen LogP contribution in [0.1, 0.15) is 11.1 Å². The van der Waals surface area contributed by atoms with Crippen molar-refractivity contribution >= 4 is 5.69 Å². The van der Waals surface area contributed by atoms with Crippen LogP contribution in [0, 0.1) is 5.82 Å². The van der Waals surface area contributed by atoms with Crippen LogP contribution in [0.4, 0.5) is 10.1 Å². The van der Waals surface area contributed by atoms with Gasteiger partial charge in [-0.15, -0.1) is 0 Å². The second-order valence-electron chi connectivity index (χ2n) is 4.80. The molecule has 0 fully saturated rings. The molecule has 0 saturated heterocycles. The lowest BCUT2D eigenvalue weighted by molar-refractivity contribution is 0.305. The summed E-state index contributed by atoms with van der Waals surface area (Å²) in [6.45, 7) is 0.678. The minimum atomic E-state index is -0.274. The summed E-state index contributed by atoms with van der Waals surface area (Å²) in [5.74, 6) is 0.507. The van der Waals surface area contributed by atoms with Crippen LogP contribution in [-0.4, -0.2) is 14.1 Å². The molecule has 0 heterocycles. The zero-order valence-corrected chi connectivity index (χ0v) is 11.8. The molecule has 0 bridgehead atoms. The van der Waals surface area contributed by atoms with E-state index in [4.69, 9.17) is 10.5 Å². The van der Waals surface area contributed by atoms with Crippen molar-refractivity contribution in [1.82, 2.24) is 0 Å². The molecule has 0 unspecified atom stereocenters. The van der Waals surface area contributed by atoms with Crippen molar-refractivity contribution in [3.8, 4) is 5.75 Å². The molecule has 0 spiro atoms. The fourth-order valence-electron chi connectivity index (χ4n) is 1.94. The van der Waals surface area contributed by atoms with E-state index in [0.717, 1.165) is 22.6 Å². The normalized spacial score (nSPS) is 10.4. The highest BCUT2D eigenvalue weighted by Crippen LogP contribution is 2.21. The van der Waals surface area contributed by atoms with Gasteiger partial charge in [-0.1, -0.05) is 12.1 Å². The molecule has 0 amide bonds. The summed E-state index contributed by atoms with van der Waals surface area (Å²) < 4.78 is 18.9. The first-order chi connectivity index (χ1) is 9.60. The number of benzene rings is 2. The number of nitrogens with zero attached hydrogens (tertiary/aromatic N) is 1. The van der Waals surface area contributed by atoms with Crippen molar-refractivity contribution in [2.45, 2.75) is 13.2 Å². The molecule has 0 aromatic heterocycles. The van der Waals surface area contributed by atoms with Gasteiger partial charge >= 0.3 is 0 Å². The topological polar surface area (TPSA) is 38.5 Å². The summed E-state index contributed by atoms with van der Waals surface area (Å²) in [5, 5.41) is 0. The van der Waals surface area contributed by atoms with E-state index in [1.165, 1.54) is 12.1 Å². The van der Waals surface area contributed by atoms with E-state index in [2.05, 4.69) is 0 Å². The van der Waals surface area contributed by atoms with Crippen molar-refractivity contribution in [3.05, 3.63) is 59.4 Å². The maximum Gasteiger partial charge on any atom is 0.123 e. The van der Waals surface area contributed by atoms with E-state index < -0.39 is 0 Å². The summed E-state index contributed by atoms with van der Waals surface area (Å²) in [4.78, 5) is 2.01. The van der Waals surface area contributed by atoms with Gasteiger partial charge in [-0.3, -0.25) is 0 Å². The first-order valence-corrected chi connectivity index (χ1v) is 6.47. The van der Waals surface area contributed by atoms with Gasteiger partial charge in [0.05, 0.1) is 0 Å². The molecule has 4 heteroatoms. The number of nitrogens with two attached hydrogens (primary N) is 1. The molecule has 2 rings (SSSR count). The van der Waals surface area contributed by atoms with E-state index in [-0.39, 0.29) is 5.82 Å². The van der Waals surface area contributed by atoms with Gasteiger partial charge in [0.2, 0.25) is 0 Å². The van der Waals surface area contributed by atoms with Gasteiger partial charge in [0.1, 0.15) is 18.2 Å². The molecule has 0 saturated carbocycles. The van der Waals surface area contributed by atoms with Crippen molar-refractivity contribution in [1.29, 1.82) is 0 Å². The number of halogens is 1. The van der Waals surface area contributed by atoms with Crippen molar-refractivity contribution in [2.75, 3.05) is 19.0 Å². The Bertz CT molecular complexity index is 584. The third-order valence-corrected chi connectivity index (χ3v) is 3.12. The first kappa shape index (κ1) is 14.3. The number of hydrogen-bond acceptors (Lipinski definition) is 3. The molecule has 2 aromatic carbocycles. The number of ether oxygens (including phenoxy) is 1. The van der Waals surface area contributed by atoms with Crippen LogP contribution in [0.5, 0.6) is 5.75 Å². The molecule has 0 aliphatic carbocycles.